The molecule has 0 atom stereocenters. The molecule has 0 saturated carbocycles. The molecule has 0 radical (unpaired) electrons. The molecule has 3 rings (SSSR count). The van der Waals surface area contributed by atoms with E-state index in [-0.39, 0.29) is 0 Å². The smallest absolute Gasteiger partial charge is 0.239 e. The van der Waals surface area contributed by atoms with Crippen molar-refractivity contribution in [1.82, 2.24) is 9.97 Å². The average molecular weight is 336 g/mol. The van der Waals surface area contributed by atoms with Crippen LogP contribution < -0.4 is 4.74 Å². The van der Waals surface area contributed by atoms with E-state index in [9.17, 15) is 0 Å². The molecule has 0 aliphatic heterocycles. The molecule has 1 heterocycles. The van der Waals surface area contributed by atoms with Gasteiger partial charge in [-0.3, -0.25) is 4.98 Å². The van der Waals surface area contributed by atoms with Crippen molar-refractivity contribution < 1.29 is 4.74 Å². The van der Waals surface area contributed by atoms with Crippen LogP contribution in [0.25, 0.3) is 10.8 Å². The predicted molar refractivity (Wildman–Crippen MR) is 78.8 cm³/mol. The Balaban J connectivity index is 2.04. The summed E-state index contributed by atoms with van der Waals surface area (Å²) in [5.74, 6) is 1.04. The molecular weight excluding hydrogens is 328 g/mol. The summed E-state index contributed by atoms with van der Waals surface area (Å²) in [5.41, 5.74) is 0. The second-order valence-corrected chi connectivity index (χ2v) is 5.06. The molecule has 3 aromatic rings. The predicted octanol–water partition coefficient (Wildman–Crippen LogP) is 4.84. The molecule has 0 unspecified atom stereocenters. The van der Waals surface area contributed by atoms with Crippen LogP contribution in [0.3, 0.4) is 0 Å². The fraction of sp³-hybridized carbons (Fsp3) is 0. The van der Waals surface area contributed by atoms with Gasteiger partial charge in [-0.25, -0.2) is 0 Å². The van der Waals surface area contributed by atoms with Crippen molar-refractivity contribution >= 4 is 38.3 Å². The van der Waals surface area contributed by atoms with Gasteiger partial charge in [0.2, 0.25) is 5.88 Å². The monoisotopic (exact) mass is 334 g/mol. The van der Waals surface area contributed by atoms with Crippen molar-refractivity contribution in [3.05, 3.63) is 58.4 Å². The van der Waals surface area contributed by atoms with E-state index in [1.165, 1.54) is 12.4 Å². The summed E-state index contributed by atoms with van der Waals surface area (Å²) in [6.07, 6.45) is 2.98. The summed E-state index contributed by atoms with van der Waals surface area (Å²) in [6.45, 7) is 0. The number of fused-ring (bicyclic) bond motifs is 1. The van der Waals surface area contributed by atoms with E-state index in [1.807, 2.05) is 36.4 Å². The molecule has 3 nitrogen and oxygen atoms in total. The minimum absolute atomic E-state index is 0.300. The van der Waals surface area contributed by atoms with E-state index < -0.39 is 0 Å². The molecule has 0 fully saturated rings. The minimum Gasteiger partial charge on any atom is -0.436 e. The first-order chi connectivity index (χ1) is 9.24. The number of halogens is 2. The van der Waals surface area contributed by atoms with Gasteiger partial charge in [-0.15, -0.1) is 0 Å². The summed E-state index contributed by atoms with van der Waals surface area (Å²) < 4.78 is 6.57. The second kappa shape index (κ2) is 5.15. The first-order valence-corrected chi connectivity index (χ1v) is 6.74. The van der Waals surface area contributed by atoms with E-state index in [1.54, 1.807) is 0 Å². The zero-order valence-corrected chi connectivity index (χ0v) is 12.0. The summed E-state index contributed by atoms with van der Waals surface area (Å²) in [5, 5.41) is 2.52. The highest BCUT2D eigenvalue weighted by atomic mass is 79.9. The third kappa shape index (κ3) is 2.55. The van der Waals surface area contributed by atoms with Crippen LogP contribution in [-0.2, 0) is 0 Å². The maximum atomic E-state index is 5.78. The lowest BCUT2D eigenvalue weighted by molar-refractivity contribution is 0.458. The summed E-state index contributed by atoms with van der Waals surface area (Å²) in [7, 11) is 0. The van der Waals surface area contributed by atoms with Gasteiger partial charge in [-0.1, -0.05) is 41.9 Å². The molecule has 0 aliphatic carbocycles. The Morgan fingerprint density at radius 1 is 1.05 bits per heavy atom. The first-order valence-electron chi connectivity index (χ1n) is 5.57. The number of hydrogen-bond acceptors (Lipinski definition) is 3. The van der Waals surface area contributed by atoms with Crippen molar-refractivity contribution in [3.63, 3.8) is 0 Å². The standard InChI is InChI=1S/C14H8BrClN2O/c15-14-10-4-2-1-3-9(10)5-6-11(14)19-13-8-17-7-12(16)18-13/h1-8H. The zero-order valence-electron chi connectivity index (χ0n) is 9.68. The molecule has 0 N–H and O–H groups in total. The van der Waals surface area contributed by atoms with E-state index in [2.05, 4.69) is 25.9 Å². The quantitative estimate of drug-likeness (QED) is 0.672. The van der Waals surface area contributed by atoms with Gasteiger partial charge in [0.1, 0.15) is 5.75 Å². The van der Waals surface area contributed by atoms with E-state index in [0.717, 1.165) is 15.2 Å². The van der Waals surface area contributed by atoms with E-state index in [4.69, 9.17) is 16.3 Å². The van der Waals surface area contributed by atoms with Gasteiger partial charge in [0, 0.05) is 0 Å². The lowest BCUT2D eigenvalue weighted by Crippen LogP contribution is -1.90. The molecule has 0 spiro atoms. The normalized spacial score (nSPS) is 10.6. The Labute approximate surface area is 123 Å². The SMILES string of the molecule is Clc1cncc(Oc2ccc3ccccc3c2Br)n1. The van der Waals surface area contributed by atoms with Gasteiger partial charge in [0.25, 0.3) is 0 Å². The highest BCUT2D eigenvalue weighted by molar-refractivity contribution is 9.10. The second-order valence-electron chi connectivity index (χ2n) is 3.88. The first kappa shape index (κ1) is 12.4. The Bertz CT molecular complexity index is 748. The minimum atomic E-state index is 0.300. The number of rotatable bonds is 2. The average Bonchev–Trinajstić information content (AvgIpc) is 2.42. The van der Waals surface area contributed by atoms with Crippen LogP contribution in [-0.4, -0.2) is 9.97 Å². The lowest BCUT2D eigenvalue weighted by Gasteiger charge is -2.09. The number of hydrogen-bond donors (Lipinski definition) is 0. The molecule has 0 saturated heterocycles. The number of nitrogens with zero attached hydrogens (tertiary/aromatic N) is 2. The van der Waals surface area contributed by atoms with Crippen molar-refractivity contribution in [2.45, 2.75) is 0 Å². The fourth-order valence-corrected chi connectivity index (χ4v) is 2.49. The van der Waals surface area contributed by atoms with Crippen molar-refractivity contribution in [2.24, 2.45) is 0 Å². The zero-order chi connectivity index (χ0) is 13.2. The Morgan fingerprint density at radius 2 is 1.89 bits per heavy atom. The van der Waals surface area contributed by atoms with Crippen LogP contribution in [0.2, 0.25) is 5.15 Å². The van der Waals surface area contributed by atoms with E-state index in [0.29, 0.717) is 16.8 Å². The molecular formula is C14H8BrClN2O. The van der Waals surface area contributed by atoms with Gasteiger partial charge >= 0.3 is 0 Å². The number of ether oxygens (including phenoxy) is 1. The molecule has 0 bridgehead atoms. The molecule has 5 heteroatoms. The Hall–Kier alpha value is -1.65. The third-order valence-corrected chi connectivity index (χ3v) is 3.63. The fourth-order valence-electron chi connectivity index (χ4n) is 1.78. The van der Waals surface area contributed by atoms with Crippen molar-refractivity contribution in [2.75, 3.05) is 0 Å². The van der Waals surface area contributed by atoms with Crippen LogP contribution in [0.5, 0.6) is 11.6 Å². The Kier molecular flexibility index (Phi) is 3.36. The summed E-state index contributed by atoms with van der Waals surface area (Å²) in [4.78, 5) is 7.99. The van der Waals surface area contributed by atoms with Gasteiger partial charge < -0.3 is 4.74 Å². The highest BCUT2D eigenvalue weighted by Crippen LogP contribution is 2.35. The van der Waals surface area contributed by atoms with Gasteiger partial charge in [-0.05, 0) is 32.8 Å². The topological polar surface area (TPSA) is 35.0 Å². The molecule has 0 aliphatic rings. The maximum Gasteiger partial charge on any atom is 0.239 e. The van der Waals surface area contributed by atoms with Crippen molar-refractivity contribution in [3.8, 4) is 11.6 Å². The van der Waals surface area contributed by atoms with Crippen LogP contribution in [0.1, 0.15) is 0 Å². The van der Waals surface area contributed by atoms with Gasteiger partial charge in [0.05, 0.1) is 16.9 Å². The summed E-state index contributed by atoms with van der Waals surface area (Å²) in [6, 6.07) is 11.9. The van der Waals surface area contributed by atoms with Crippen LogP contribution in [0.15, 0.2) is 53.3 Å². The number of aromatic nitrogens is 2. The molecule has 19 heavy (non-hydrogen) atoms. The number of benzene rings is 2. The van der Waals surface area contributed by atoms with Crippen LogP contribution >= 0.6 is 27.5 Å². The van der Waals surface area contributed by atoms with Gasteiger partial charge in [0.15, 0.2) is 5.15 Å². The molecule has 2 aromatic carbocycles. The third-order valence-electron chi connectivity index (χ3n) is 2.63. The summed E-state index contributed by atoms with van der Waals surface area (Å²) >= 11 is 9.33. The van der Waals surface area contributed by atoms with Gasteiger partial charge in [-0.2, -0.15) is 4.98 Å². The largest absolute Gasteiger partial charge is 0.436 e. The van der Waals surface area contributed by atoms with Crippen molar-refractivity contribution in [1.29, 1.82) is 0 Å². The van der Waals surface area contributed by atoms with E-state index >= 15 is 0 Å². The maximum absolute atomic E-state index is 5.78. The van der Waals surface area contributed by atoms with Crippen LogP contribution in [0, 0.1) is 0 Å². The molecule has 94 valence electrons. The Morgan fingerprint density at radius 3 is 2.74 bits per heavy atom. The lowest BCUT2D eigenvalue weighted by atomic mass is 10.1. The molecule has 1 aromatic heterocycles. The highest BCUT2D eigenvalue weighted by Gasteiger charge is 2.08. The molecule has 0 amide bonds. The van der Waals surface area contributed by atoms with Crippen LogP contribution in [0.4, 0.5) is 0 Å².